The van der Waals surface area contributed by atoms with Gasteiger partial charge in [-0.15, -0.1) is 0 Å². The van der Waals surface area contributed by atoms with E-state index in [4.69, 9.17) is 9.47 Å². The van der Waals surface area contributed by atoms with Crippen LogP contribution in [0.15, 0.2) is 48.8 Å². The van der Waals surface area contributed by atoms with Gasteiger partial charge in [0, 0.05) is 18.8 Å². The maximum atomic E-state index is 11.5. The first kappa shape index (κ1) is 15.7. The molecule has 0 aliphatic rings. The van der Waals surface area contributed by atoms with Crippen molar-refractivity contribution < 1.29 is 14.3 Å². The highest BCUT2D eigenvalue weighted by atomic mass is 16.5. The van der Waals surface area contributed by atoms with Gasteiger partial charge in [0.1, 0.15) is 0 Å². The summed E-state index contributed by atoms with van der Waals surface area (Å²) in [4.78, 5) is 15.3. The number of ether oxygens (including phenoxy) is 2. The molecule has 0 saturated carbocycles. The van der Waals surface area contributed by atoms with Crippen LogP contribution in [0.2, 0.25) is 0 Å². The molecule has 1 aromatic heterocycles. The monoisotopic (exact) mass is 273 g/mol. The molecule has 4 heteroatoms. The summed E-state index contributed by atoms with van der Waals surface area (Å²) in [6.45, 7) is 1.82. The van der Waals surface area contributed by atoms with Gasteiger partial charge in [-0.05, 0) is 24.3 Å². The Kier molecular flexibility index (Phi) is 6.82. The van der Waals surface area contributed by atoms with Crippen LogP contribution in [-0.2, 0) is 0 Å². The van der Waals surface area contributed by atoms with Crippen LogP contribution < -0.4 is 9.47 Å². The fourth-order valence-electron chi connectivity index (χ4n) is 1.61. The molecule has 1 aromatic carbocycles. The molecule has 2 aromatic rings. The number of rotatable bonds is 4. The van der Waals surface area contributed by atoms with Gasteiger partial charge in [0.05, 0.1) is 19.8 Å². The average Bonchev–Trinajstić information content (AvgIpc) is 2.55. The van der Waals surface area contributed by atoms with Gasteiger partial charge in [0.15, 0.2) is 17.3 Å². The fraction of sp³-hybridized carbons (Fsp3) is 0.250. The Morgan fingerprint density at radius 1 is 1.05 bits per heavy atom. The molecule has 0 radical (unpaired) electrons. The van der Waals surface area contributed by atoms with Gasteiger partial charge in [-0.1, -0.05) is 19.1 Å². The number of ketones is 1. The Labute approximate surface area is 119 Å². The Balaban J connectivity index is 0.000000276. The predicted octanol–water partition coefficient (Wildman–Crippen LogP) is 3.38. The molecule has 0 atom stereocenters. The van der Waals surface area contributed by atoms with E-state index in [1.807, 2.05) is 25.1 Å². The van der Waals surface area contributed by atoms with E-state index in [1.165, 1.54) is 7.11 Å². The lowest BCUT2D eigenvalue weighted by atomic mass is 10.1. The summed E-state index contributed by atoms with van der Waals surface area (Å²) in [5.41, 5.74) is 0.578. The normalized spacial score (nSPS) is 9.15. The number of aromatic nitrogens is 1. The van der Waals surface area contributed by atoms with Gasteiger partial charge in [0.2, 0.25) is 0 Å². The highest BCUT2D eigenvalue weighted by Gasteiger charge is 2.14. The molecular weight excluding hydrogens is 254 g/mol. The third-order valence-electron chi connectivity index (χ3n) is 2.59. The molecule has 0 aliphatic carbocycles. The lowest BCUT2D eigenvalue weighted by Gasteiger charge is -2.10. The molecule has 0 aliphatic heterocycles. The average molecular weight is 273 g/mol. The SMILES string of the molecule is CCC(=O)c1cccc(OC)c1OC.c1ccncc1. The molecule has 0 saturated heterocycles. The smallest absolute Gasteiger partial charge is 0.171 e. The van der Waals surface area contributed by atoms with Crippen LogP contribution in [0.5, 0.6) is 11.5 Å². The van der Waals surface area contributed by atoms with Crippen LogP contribution in [0.4, 0.5) is 0 Å². The predicted molar refractivity (Wildman–Crippen MR) is 78.4 cm³/mol. The van der Waals surface area contributed by atoms with Crippen molar-refractivity contribution in [1.82, 2.24) is 4.98 Å². The fourth-order valence-corrected chi connectivity index (χ4v) is 1.61. The summed E-state index contributed by atoms with van der Waals surface area (Å²) in [7, 11) is 3.09. The van der Waals surface area contributed by atoms with Gasteiger partial charge in [-0.2, -0.15) is 0 Å². The summed E-state index contributed by atoms with van der Waals surface area (Å²) in [5.74, 6) is 1.16. The van der Waals surface area contributed by atoms with Crippen molar-refractivity contribution in [2.24, 2.45) is 0 Å². The van der Waals surface area contributed by atoms with E-state index < -0.39 is 0 Å². The van der Waals surface area contributed by atoms with Crippen LogP contribution in [0.3, 0.4) is 0 Å². The first-order valence-electron chi connectivity index (χ1n) is 6.33. The van der Waals surface area contributed by atoms with Crippen molar-refractivity contribution in [2.75, 3.05) is 14.2 Å². The minimum atomic E-state index is 0.0563. The third-order valence-corrected chi connectivity index (χ3v) is 2.59. The van der Waals surface area contributed by atoms with Crippen LogP contribution in [0.1, 0.15) is 23.7 Å². The lowest BCUT2D eigenvalue weighted by Crippen LogP contribution is -2.02. The quantitative estimate of drug-likeness (QED) is 0.801. The number of carbonyl (C=O) groups is 1. The van der Waals surface area contributed by atoms with Crippen LogP contribution in [0, 0.1) is 0 Å². The number of benzene rings is 1. The molecule has 106 valence electrons. The van der Waals surface area contributed by atoms with Crippen molar-refractivity contribution in [3.8, 4) is 11.5 Å². The first-order chi connectivity index (χ1) is 9.74. The second-order valence-electron chi connectivity index (χ2n) is 3.84. The molecule has 0 spiro atoms. The Morgan fingerprint density at radius 2 is 1.75 bits per heavy atom. The molecule has 0 fully saturated rings. The molecule has 1 heterocycles. The number of nitrogens with zero attached hydrogens (tertiary/aromatic N) is 1. The van der Waals surface area contributed by atoms with E-state index in [0.717, 1.165) is 0 Å². The van der Waals surface area contributed by atoms with E-state index in [-0.39, 0.29) is 5.78 Å². The maximum absolute atomic E-state index is 11.5. The minimum Gasteiger partial charge on any atom is -0.493 e. The minimum absolute atomic E-state index is 0.0563. The molecule has 20 heavy (non-hydrogen) atoms. The third kappa shape index (κ3) is 4.39. The molecular formula is C16H19NO3. The number of para-hydroxylation sites is 1. The molecule has 0 N–H and O–H groups in total. The van der Waals surface area contributed by atoms with E-state index in [2.05, 4.69) is 4.98 Å². The summed E-state index contributed by atoms with van der Waals surface area (Å²) in [5, 5.41) is 0. The zero-order valence-corrected chi connectivity index (χ0v) is 12.0. The number of pyridine rings is 1. The van der Waals surface area contributed by atoms with Crippen molar-refractivity contribution in [3.63, 3.8) is 0 Å². The van der Waals surface area contributed by atoms with Gasteiger partial charge < -0.3 is 9.47 Å². The van der Waals surface area contributed by atoms with Crippen LogP contribution >= 0.6 is 0 Å². The van der Waals surface area contributed by atoms with Gasteiger partial charge in [-0.25, -0.2) is 0 Å². The summed E-state index contributed by atoms with van der Waals surface area (Å²) < 4.78 is 10.2. The Bertz CT molecular complexity index is 500. The van der Waals surface area contributed by atoms with Gasteiger partial charge in [0.25, 0.3) is 0 Å². The van der Waals surface area contributed by atoms with Gasteiger partial charge >= 0.3 is 0 Å². The van der Waals surface area contributed by atoms with E-state index in [9.17, 15) is 4.79 Å². The topological polar surface area (TPSA) is 48.4 Å². The molecule has 4 nitrogen and oxygen atoms in total. The molecule has 0 bridgehead atoms. The second-order valence-corrected chi connectivity index (χ2v) is 3.84. The Hall–Kier alpha value is -2.36. The largest absolute Gasteiger partial charge is 0.493 e. The number of hydrogen-bond donors (Lipinski definition) is 0. The number of hydrogen-bond acceptors (Lipinski definition) is 4. The maximum Gasteiger partial charge on any atom is 0.171 e. The second kappa shape index (κ2) is 8.69. The zero-order valence-electron chi connectivity index (χ0n) is 12.0. The van der Waals surface area contributed by atoms with E-state index in [1.54, 1.807) is 37.7 Å². The summed E-state index contributed by atoms with van der Waals surface area (Å²) in [6, 6.07) is 11.0. The number of methoxy groups -OCH3 is 2. The number of carbonyl (C=O) groups excluding carboxylic acids is 1. The first-order valence-corrected chi connectivity index (χ1v) is 6.33. The van der Waals surface area contributed by atoms with E-state index in [0.29, 0.717) is 23.5 Å². The van der Waals surface area contributed by atoms with Crippen molar-refractivity contribution in [3.05, 3.63) is 54.4 Å². The lowest BCUT2D eigenvalue weighted by molar-refractivity contribution is 0.0984. The zero-order chi connectivity index (χ0) is 14.8. The summed E-state index contributed by atoms with van der Waals surface area (Å²) in [6.07, 6.45) is 3.96. The number of Topliss-reactive ketones (excluding diaryl/α,β-unsaturated/α-hetero) is 1. The van der Waals surface area contributed by atoms with Crippen molar-refractivity contribution >= 4 is 5.78 Å². The molecule has 0 amide bonds. The summed E-state index contributed by atoms with van der Waals surface area (Å²) >= 11 is 0. The van der Waals surface area contributed by atoms with E-state index >= 15 is 0 Å². The highest BCUT2D eigenvalue weighted by Crippen LogP contribution is 2.31. The molecule has 2 rings (SSSR count). The Morgan fingerprint density at radius 3 is 2.15 bits per heavy atom. The van der Waals surface area contributed by atoms with Crippen molar-refractivity contribution in [2.45, 2.75) is 13.3 Å². The standard InChI is InChI=1S/C11H14O3.C5H5N/c1-4-9(12)8-6-5-7-10(13-2)11(8)14-3;1-2-4-6-5-3-1/h5-7H,4H2,1-3H3;1-5H. The van der Waals surface area contributed by atoms with Crippen molar-refractivity contribution in [1.29, 1.82) is 0 Å². The van der Waals surface area contributed by atoms with Crippen LogP contribution in [-0.4, -0.2) is 25.0 Å². The highest BCUT2D eigenvalue weighted by molar-refractivity contribution is 5.99. The molecule has 0 unspecified atom stereocenters. The van der Waals surface area contributed by atoms with Gasteiger partial charge in [-0.3, -0.25) is 9.78 Å². The van der Waals surface area contributed by atoms with Crippen LogP contribution in [0.25, 0.3) is 0 Å².